The predicted octanol–water partition coefficient (Wildman–Crippen LogP) is 2.74. The highest BCUT2D eigenvalue weighted by Crippen LogP contribution is 2.20. The molecular weight excluding hydrogens is 174 g/mol. The van der Waals surface area contributed by atoms with E-state index in [-0.39, 0.29) is 0 Å². The van der Waals surface area contributed by atoms with Crippen LogP contribution in [0.15, 0.2) is 12.7 Å². The molecular formula is C12H21NO. The molecule has 1 aliphatic heterocycles. The highest BCUT2D eigenvalue weighted by atomic mass is 16.2. The molecule has 80 valence electrons. The lowest BCUT2D eigenvalue weighted by molar-refractivity contribution is -0.134. The Morgan fingerprint density at radius 2 is 2.36 bits per heavy atom. The van der Waals surface area contributed by atoms with E-state index < -0.39 is 0 Å². The molecule has 0 aromatic carbocycles. The van der Waals surface area contributed by atoms with Gasteiger partial charge in [-0.1, -0.05) is 13.0 Å². The Hall–Kier alpha value is -0.790. The molecule has 0 aliphatic carbocycles. The third kappa shape index (κ3) is 2.86. The van der Waals surface area contributed by atoms with Gasteiger partial charge in [-0.05, 0) is 32.1 Å². The number of allylic oxidation sites excluding steroid dienone is 1. The van der Waals surface area contributed by atoms with Gasteiger partial charge in [-0.3, -0.25) is 4.79 Å². The van der Waals surface area contributed by atoms with Crippen LogP contribution in [-0.2, 0) is 4.79 Å². The average molecular weight is 195 g/mol. The van der Waals surface area contributed by atoms with Crippen LogP contribution < -0.4 is 0 Å². The van der Waals surface area contributed by atoms with Gasteiger partial charge in [-0.25, -0.2) is 0 Å². The second-order valence-electron chi connectivity index (χ2n) is 3.97. The van der Waals surface area contributed by atoms with Crippen LogP contribution in [0.25, 0.3) is 0 Å². The first-order chi connectivity index (χ1) is 6.79. The van der Waals surface area contributed by atoms with Crippen molar-refractivity contribution in [2.45, 2.75) is 51.5 Å². The van der Waals surface area contributed by atoms with Gasteiger partial charge in [0.1, 0.15) is 0 Å². The van der Waals surface area contributed by atoms with Gasteiger partial charge in [-0.2, -0.15) is 0 Å². The van der Waals surface area contributed by atoms with E-state index in [0.29, 0.717) is 18.4 Å². The van der Waals surface area contributed by atoms with E-state index in [1.54, 1.807) is 0 Å². The molecule has 14 heavy (non-hydrogen) atoms. The second kappa shape index (κ2) is 5.84. The number of amides is 1. The normalized spacial score (nSPS) is 22.1. The molecule has 1 aliphatic rings. The number of piperidine rings is 1. The van der Waals surface area contributed by atoms with E-state index >= 15 is 0 Å². The van der Waals surface area contributed by atoms with Gasteiger partial charge in [0.25, 0.3) is 0 Å². The molecule has 1 amide bonds. The van der Waals surface area contributed by atoms with Crippen LogP contribution >= 0.6 is 0 Å². The van der Waals surface area contributed by atoms with E-state index in [1.165, 1.54) is 19.3 Å². The lowest BCUT2D eigenvalue weighted by Crippen LogP contribution is -2.43. The van der Waals surface area contributed by atoms with Crippen molar-refractivity contribution in [1.82, 2.24) is 4.90 Å². The molecule has 0 bridgehead atoms. The van der Waals surface area contributed by atoms with Gasteiger partial charge in [0.05, 0.1) is 0 Å². The summed E-state index contributed by atoms with van der Waals surface area (Å²) in [6, 6.07) is 0.501. The van der Waals surface area contributed by atoms with Crippen LogP contribution in [0, 0.1) is 0 Å². The highest BCUT2D eigenvalue weighted by Gasteiger charge is 2.24. The molecule has 0 spiro atoms. The third-order valence-corrected chi connectivity index (χ3v) is 2.98. The van der Waals surface area contributed by atoms with Crippen molar-refractivity contribution in [2.75, 3.05) is 6.54 Å². The van der Waals surface area contributed by atoms with Gasteiger partial charge < -0.3 is 4.90 Å². The number of likely N-dealkylation sites (tertiary alicyclic amines) is 1. The molecule has 1 saturated heterocycles. The summed E-state index contributed by atoms with van der Waals surface area (Å²) in [5, 5.41) is 0. The number of carbonyl (C=O) groups is 1. The zero-order valence-electron chi connectivity index (χ0n) is 9.17. The van der Waals surface area contributed by atoms with Crippen molar-refractivity contribution >= 4 is 5.91 Å². The number of rotatable bonds is 4. The summed E-state index contributed by atoms with van der Waals surface area (Å²) in [6.45, 7) is 6.78. The minimum atomic E-state index is 0.316. The van der Waals surface area contributed by atoms with Crippen molar-refractivity contribution < 1.29 is 4.79 Å². The summed E-state index contributed by atoms with van der Waals surface area (Å²) < 4.78 is 0. The largest absolute Gasteiger partial charge is 0.340 e. The van der Waals surface area contributed by atoms with E-state index in [0.717, 1.165) is 19.4 Å². The molecule has 1 fully saturated rings. The Morgan fingerprint density at radius 1 is 1.57 bits per heavy atom. The number of carbonyl (C=O) groups excluding carboxylic acids is 1. The van der Waals surface area contributed by atoms with Crippen molar-refractivity contribution in [3.63, 3.8) is 0 Å². The first-order valence-electron chi connectivity index (χ1n) is 5.70. The van der Waals surface area contributed by atoms with E-state index in [9.17, 15) is 4.79 Å². The fourth-order valence-electron chi connectivity index (χ4n) is 2.12. The maximum Gasteiger partial charge on any atom is 0.223 e. The Morgan fingerprint density at radius 3 is 3.00 bits per heavy atom. The SMILES string of the molecule is C=CCCC(=O)N1CCCCC1CC. The van der Waals surface area contributed by atoms with Crippen molar-refractivity contribution in [2.24, 2.45) is 0 Å². The summed E-state index contributed by atoms with van der Waals surface area (Å²) in [5.41, 5.74) is 0. The van der Waals surface area contributed by atoms with Crippen molar-refractivity contribution in [3.8, 4) is 0 Å². The van der Waals surface area contributed by atoms with Crippen LogP contribution in [0.4, 0.5) is 0 Å². The molecule has 2 nitrogen and oxygen atoms in total. The molecule has 0 aromatic rings. The first kappa shape index (κ1) is 11.3. The maximum absolute atomic E-state index is 11.8. The Kier molecular flexibility index (Phi) is 4.71. The zero-order chi connectivity index (χ0) is 10.4. The van der Waals surface area contributed by atoms with Gasteiger partial charge in [0.2, 0.25) is 5.91 Å². The maximum atomic E-state index is 11.8. The lowest BCUT2D eigenvalue weighted by Gasteiger charge is -2.35. The number of hydrogen-bond donors (Lipinski definition) is 0. The molecule has 0 radical (unpaired) electrons. The first-order valence-corrected chi connectivity index (χ1v) is 5.70. The molecule has 2 heteroatoms. The van der Waals surface area contributed by atoms with E-state index in [2.05, 4.69) is 18.4 Å². The zero-order valence-corrected chi connectivity index (χ0v) is 9.17. The smallest absolute Gasteiger partial charge is 0.223 e. The molecule has 0 N–H and O–H groups in total. The van der Waals surface area contributed by atoms with Crippen LogP contribution in [0.1, 0.15) is 45.4 Å². The minimum Gasteiger partial charge on any atom is -0.340 e. The molecule has 1 heterocycles. The monoisotopic (exact) mass is 195 g/mol. The molecule has 0 saturated carbocycles. The molecule has 0 aromatic heterocycles. The quantitative estimate of drug-likeness (QED) is 0.632. The third-order valence-electron chi connectivity index (χ3n) is 2.98. The van der Waals surface area contributed by atoms with E-state index in [1.807, 2.05) is 6.08 Å². The molecule has 1 unspecified atom stereocenters. The summed E-state index contributed by atoms with van der Waals surface area (Å²) in [7, 11) is 0. The fourth-order valence-corrected chi connectivity index (χ4v) is 2.12. The summed E-state index contributed by atoms with van der Waals surface area (Å²) in [4.78, 5) is 13.9. The van der Waals surface area contributed by atoms with Crippen LogP contribution in [0.2, 0.25) is 0 Å². The van der Waals surface area contributed by atoms with E-state index in [4.69, 9.17) is 0 Å². The van der Waals surface area contributed by atoms with Gasteiger partial charge >= 0.3 is 0 Å². The fraction of sp³-hybridized carbons (Fsp3) is 0.750. The van der Waals surface area contributed by atoms with Crippen molar-refractivity contribution in [1.29, 1.82) is 0 Å². The van der Waals surface area contributed by atoms with Crippen LogP contribution in [-0.4, -0.2) is 23.4 Å². The number of nitrogens with zero attached hydrogens (tertiary/aromatic N) is 1. The summed E-state index contributed by atoms with van der Waals surface area (Å²) >= 11 is 0. The Labute approximate surface area is 87.0 Å². The Balaban J connectivity index is 2.45. The minimum absolute atomic E-state index is 0.316. The molecule has 1 atom stereocenters. The predicted molar refractivity (Wildman–Crippen MR) is 59.1 cm³/mol. The standard InChI is InChI=1S/C12H21NO/c1-3-5-9-12(14)13-10-7-6-8-11(13)4-2/h3,11H,1,4-10H2,2H3. The van der Waals surface area contributed by atoms with Gasteiger partial charge in [0.15, 0.2) is 0 Å². The van der Waals surface area contributed by atoms with Crippen molar-refractivity contribution in [3.05, 3.63) is 12.7 Å². The second-order valence-corrected chi connectivity index (χ2v) is 3.97. The topological polar surface area (TPSA) is 20.3 Å². The van der Waals surface area contributed by atoms with Crippen LogP contribution in [0.5, 0.6) is 0 Å². The number of hydrogen-bond acceptors (Lipinski definition) is 1. The average Bonchev–Trinajstić information content (AvgIpc) is 2.25. The van der Waals surface area contributed by atoms with Crippen LogP contribution in [0.3, 0.4) is 0 Å². The summed E-state index contributed by atoms with van der Waals surface area (Å²) in [6.07, 6.45) is 8.02. The summed E-state index contributed by atoms with van der Waals surface area (Å²) in [5.74, 6) is 0.316. The molecule has 1 rings (SSSR count). The van der Waals surface area contributed by atoms with Gasteiger partial charge in [0, 0.05) is 19.0 Å². The lowest BCUT2D eigenvalue weighted by atomic mass is 9.99. The van der Waals surface area contributed by atoms with Gasteiger partial charge in [-0.15, -0.1) is 6.58 Å². The Bertz CT molecular complexity index is 200. The highest BCUT2D eigenvalue weighted by molar-refractivity contribution is 5.76.